The lowest BCUT2D eigenvalue weighted by atomic mass is 10.0. The number of ketones is 1. The van der Waals surface area contributed by atoms with E-state index < -0.39 is 5.38 Å². The number of Topliss-reactive ketones (excluding diaryl/α,β-unsaturated/α-hetero) is 1. The van der Waals surface area contributed by atoms with E-state index in [9.17, 15) is 4.79 Å². The minimum absolute atomic E-state index is 0.00113. The van der Waals surface area contributed by atoms with E-state index in [0.29, 0.717) is 12.0 Å². The fourth-order valence-electron chi connectivity index (χ4n) is 1.82. The Hall–Kier alpha value is -1.60. The van der Waals surface area contributed by atoms with Crippen LogP contribution in [0.15, 0.2) is 54.6 Å². The number of carbonyl (C=O) groups is 1. The predicted molar refractivity (Wildman–Crippen MR) is 76.1 cm³/mol. The van der Waals surface area contributed by atoms with E-state index in [1.165, 1.54) is 0 Å². The van der Waals surface area contributed by atoms with Crippen LogP contribution in [0.3, 0.4) is 0 Å². The first-order valence-electron chi connectivity index (χ1n) is 6.06. The van der Waals surface area contributed by atoms with Crippen LogP contribution in [0, 0.1) is 0 Å². The van der Waals surface area contributed by atoms with Crippen molar-refractivity contribution in [2.75, 3.05) is 0 Å². The third-order valence-corrected chi connectivity index (χ3v) is 3.43. The zero-order valence-electron chi connectivity index (χ0n) is 10.3. The molecule has 18 heavy (non-hydrogen) atoms. The van der Waals surface area contributed by atoms with Crippen LogP contribution in [-0.4, -0.2) is 11.2 Å². The van der Waals surface area contributed by atoms with Gasteiger partial charge >= 0.3 is 0 Å². The predicted octanol–water partition coefficient (Wildman–Crippen LogP) is 4.55. The van der Waals surface area contributed by atoms with Crippen LogP contribution in [-0.2, 0) is 0 Å². The Morgan fingerprint density at radius 1 is 1.00 bits per heavy atom. The zero-order valence-corrected chi connectivity index (χ0v) is 11.0. The van der Waals surface area contributed by atoms with Crippen LogP contribution in [0.1, 0.15) is 23.7 Å². The highest BCUT2D eigenvalue weighted by atomic mass is 35.5. The minimum Gasteiger partial charge on any atom is -0.293 e. The summed E-state index contributed by atoms with van der Waals surface area (Å²) in [7, 11) is 0. The van der Waals surface area contributed by atoms with Crippen molar-refractivity contribution < 1.29 is 4.79 Å². The molecule has 0 heterocycles. The van der Waals surface area contributed by atoms with Gasteiger partial charge in [0.2, 0.25) is 0 Å². The molecule has 0 saturated carbocycles. The zero-order chi connectivity index (χ0) is 13.0. The van der Waals surface area contributed by atoms with Crippen molar-refractivity contribution >= 4 is 17.4 Å². The number of benzene rings is 2. The highest BCUT2D eigenvalue weighted by molar-refractivity contribution is 6.33. The van der Waals surface area contributed by atoms with Crippen molar-refractivity contribution in [2.45, 2.75) is 18.7 Å². The molecule has 2 rings (SSSR count). The second-order valence-electron chi connectivity index (χ2n) is 4.18. The minimum atomic E-state index is -0.424. The van der Waals surface area contributed by atoms with Gasteiger partial charge in [-0.25, -0.2) is 0 Å². The summed E-state index contributed by atoms with van der Waals surface area (Å²) in [6.07, 6.45) is 0.654. The molecule has 0 spiro atoms. The van der Waals surface area contributed by atoms with Gasteiger partial charge in [0.15, 0.2) is 5.78 Å². The number of halogens is 1. The normalized spacial score (nSPS) is 12.1. The maximum absolute atomic E-state index is 11.9. The van der Waals surface area contributed by atoms with Crippen LogP contribution in [0.2, 0.25) is 0 Å². The first-order chi connectivity index (χ1) is 8.72. The summed E-state index contributed by atoms with van der Waals surface area (Å²) >= 11 is 5.96. The molecule has 0 aliphatic heterocycles. The van der Waals surface area contributed by atoms with Gasteiger partial charge in [0.25, 0.3) is 0 Å². The van der Waals surface area contributed by atoms with Crippen LogP contribution in [0.5, 0.6) is 0 Å². The Labute approximate surface area is 112 Å². The van der Waals surface area contributed by atoms with Crippen molar-refractivity contribution in [3.8, 4) is 11.1 Å². The lowest BCUT2D eigenvalue weighted by Crippen LogP contribution is -2.13. The van der Waals surface area contributed by atoms with E-state index in [0.717, 1.165) is 11.1 Å². The monoisotopic (exact) mass is 258 g/mol. The second kappa shape index (κ2) is 5.83. The molecule has 2 heteroatoms. The summed E-state index contributed by atoms with van der Waals surface area (Å²) in [6, 6.07) is 17.7. The summed E-state index contributed by atoms with van der Waals surface area (Å²) in [5, 5.41) is -0.424. The van der Waals surface area contributed by atoms with E-state index in [-0.39, 0.29) is 5.78 Å². The number of carbonyl (C=O) groups excluding carboxylic acids is 1. The SMILES string of the molecule is CCC(Cl)C(=O)c1ccc(-c2ccccc2)cc1. The van der Waals surface area contributed by atoms with Crippen molar-refractivity contribution in [3.05, 3.63) is 60.2 Å². The Morgan fingerprint density at radius 3 is 2.11 bits per heavy atom. The summed E-state index contributed by atoms with van der Waals surface area (Å²) in [4.78, 5) is 11.9. The molecule has 0 aromatic heterocycles. The highest BCUT2D eigenvalue weighted by Gasteiger charge is 2.14. The van der Waals surface area contributed by atoms with Crippen molar-refractivity contribution in [3.63, 3.8) is 0 Å². The van der Waals surface area contributed by atoms with Gasteiger partial charge < -0.3 is 0 Å². The van der Waals surface area contributed by atoms with E-state index in [4.69, 9.17) is 11.6 Å². The standard InChI is InChI=1S/C16H15ClO/c1-2-15(17)16(18)14-10-8-13(9-11-14)12-6-4-3-5-7-12/h3-11,15H,2H2,1H3. The van der Waals surface area contributed by atoms with Gasteiger partial charge in [0, 0.05) is 5.56 Å². The lowest BCUT2D eigenvalue weighted by molar-refractivity contribution is 0.0985. The van der Waals surface area contributed by atoms with Crippen LogP contribution < -0.4 is 0 Å². The number of hydrogen-bond acceptors (Lipinski definition) is 1. The molecule has 0 radical (unpaired) electrons. The molecule has 1 unspecified atom stereocenters. The number of alkyl halides is 1. The molecule has 0 saturated heterocycles. The average molecular weight is 259 g/mol. The molecule has 1 atom stereocenters. The summed E-state index contributed by atoms with van der Waals surface area (Å²) in [6.45, 7) is 1.91. The molecule has 2 aromatic carbocycles. The van der Waals surface area contributed by atoms with Gasteiger partial charge in [0.1, 0.15) is 0 Å². The Balaban J connectivity index is 2.23. The smallest absolute Gasteiger partial charge is 0.180 e. The van der Waals surface area contributed by atoms with E-state index in [2.05, 4.69) is 0 Å². The van der Waals surface area contributed by atoms with Gasteiger partial charge in [-0.15, -0.1) is 11.6 Å². The largest absolute Gasteiger partial charge is 0.293 e. The molecule has 0 aliphatic rings. The molecule has 0 aliphatic carbocycles. The highest BCUT2D eigenvalue weighted by Crippen LogP contribution is 2.20. The first-order valence-corrected chi connectivity index (χ1v) is 6.49. The Kier molecular flexibility index (Phi) is 4.16. The van der Waals surface area contributed by atoms with E-state index in [1.807, 2.05) is 61.5 Å². The van der Waals surface area contributed by atoms with Gasteiger partial charge in [0.05, 0.1) is 5.38 Å². The third kappa shape index (κ3) is 2.80. The first kappa shape index (κ1) is 12.8. The van der Waals surface area contributed by atoms with Gasteiger partial charge in [-0.3, -0.25) is 4.79 Å². The molecule has 0 amide bonds. The van der Waals surface area contributed by atoms with Crippen LogP contribution in [0.4, 0.5) is 0 Å². The molecule has 1 nitrogen and oxygen atoms in total. The maximum atomic E-state index is 11.9. The molecule has 0 fully saturated rings. The van der Waals surface area contributed by atoms with Crippen molar-refractivity contribution in [2.24, 2.45) is 0 Å². The quantitative estimate of drug-likeness (QED) is 0.581. The molecule has 92 valence electrons. The van der Waals surface area contributed by atoms with Crippen molar-refractivity contribution in [1.29, 1.82) is 0 Å². The third-order valence-electron chi connectivity index (χ3n) is 2.92. The van der Waals surface area contributed by atoms with Crippen molar-refractivity contribution in [1.82, 2.24) is 0 Å². The second-order valence-corrected chi connectivity index (χ2v) is 4.71. The van der Waals surface area contributed by atoms with Crippen LogP contribution >= 0.6 is 11.6 Å². The van der Waals surface area contributed by atoms with Gasteiger partial charge in [-0.2, -0.15) is 0 Å². The lowest BCUT2D eigenvalue weighted by Gasteiger charge is -2.07. The number of hydrogen-bond donors (Lipinski definition) is 0. The Bertz CT molecular complexity index is 517. The van der Waals surface area contributed by atoms with Gasteiger partial charge in [-0.1, -0.05) is 61.5 Å². The molecule has 2 aromatic rings. The molecule has 0 bridgehead atoms. The van der Waals surface area contributed by atoms with E-state index >= 15 is 0 Å². The summed E-state index contributed by atoms with van der Waals surface area (Å²) in [5.41, 5.74) is 2.93. The number of rotatable bonds is 4. The van der Waals surface area contributed by atoms with Crippen LogP contribution in [0.25, 0.3) is 11.1 Å². The fraction of sp³-hybridized carbons (Fsp3) is 0.188. The average Bonchev–Trinajstić information content (AvgIpc) is 2.47. The molecular weight excluding hydrogens is 244 g/mol. The molecular formula is C16H15ClO. The maximum Gasteiger partial charge on any atom is 0.180 e. The topological polar surface area (TPSA) is 17.1 Å². The summed E-state index contributed by atoms with van der Waals surface area (Å²) in [5.74, 6) is -0.00113. The Morgan fingerprint density at radius 2 is 1.56 bits per heavy atom. The summed E-state index contributed by atoms with van der Waals surface area (Å²) < 4.78 is 0. The fourth-order valence-corrected chi connectivity index (χ4v) is 1.95. The van der Waals surface area contributed by atoms with Gasteiger partial charge in [-0.05, 0) is 17.5 Å². The molecule has 0 N–H and O–H groups in total. The van der Waals surface area contributed by atoms with E-state index in [1.54, 1.807) is 0 Å².